The fraction of sp³-hybridized carbons (Fsp3) is 0.462. The molecule has 1 aromatic carbocycles. The van der Waals surface area contributed by atoms with Gasteiger partial charge >= 0.3 is 0 Å². The molecule has 0 bridgehead atoms. The molecule has 0 heterocycles. The summed E-state index contributed by atoms with van der Waals surface area (Å²) in [4.78, 5) is 11.7. The molecule has 1 rings (SSSR count). The largest absolute Gasteiger partial charge is 0.294 e. The third-order valence-electron chi connectivity index (χ3n) is 2.65. The average molecular weight is 238 g/mol. The topological polar surface area (TPSA) is 34.1 Å². The first kappa shape index (κ1) is 13.1. The molecule has 0 fully saturated rings. The van der Waals surface area contributed by atoms with Gasteiger partial charge in [-0.1, -0.05) is 44.2 Å². The molecule has 88 valence electrons. The van der Waals surface area contributed by atoms with Gasteiger partial charge in [0.05, 0.1) is 0 Å². The van der Waals surface area contributed by atoms with E-state index in [2.05, 4.69) is 0 Å². The Bertz CT molecular complexity index is 359. The SMILES string of the molecule is CCC(C)S(=O)CCC(=O)c1ccccc1. The minimum atomic E-state index is -0.880. The van der Waals surface area contributed by atoms with E-state index in [0.717, 1.165) is 6.42 Å². The minimum absolute atomic E-state index is 0.0808. The highest BCUT2D eigenvalue weighted by Crippen LogP contribution is 2.07. The van der Waals surface area contributed by atoms with Gasteiger partial charge in [-0.15, -0.1) is 0 Å². The van der Waals surface area contributed by atoms with Gasteiger partial charge in [-0.05, 0) is 6.42 Å². The Morgan fingerprint density at radius 2 is 1.94 bits per heavy atom. The summed E-state index contributed by atoms with van der Waals surface area (Å²) in [7, 11) is -0.880. The van der Waals surface area contributed by atoms with E-state index in [1.807, 2.05) is 32.0 Å². The molecule has 0 aliphatic carbocycles. The number of benzene rings is 1. The molecule has 0 amide bonds. The van der Waals surface area contributed by atoms with Crippen LogP contribution in [0.15, 0.2) is 30.3 Å². The highest BCUT2D eigenvalue weighted by molar-refractivity contribution is 7.85. The zero-order valence-corrected chi connectivity index (χ0v) is 10.6. The predicted octanol–water partition coefficient (Wildman–Crippen LogP) is 2.81. The van der Waals surface area contributed by atoms with Crippen molar-refractivity contribution >= 4 is 16.6 Å². The van der Waals surface area contributed by atoms with Crippen LogP contribution in [0.1, 0.15) is 37.0 Å². The molecule has 0 N–H and O–H groups in total. The molecule has 0 saturated heterocycles. The maximum atomic E-state index is 11.7. The van der Waals surface area contributed by atoms with Crippen LogP contribution in [0.4, 0.5) is 0 Å². The van der Waals surface area contributed by atoms with Crippen LogP contribution in [0.5, 0.6) is 0 Å². The van der Waals surface area contributed by atoms with Gasteiger partial charge in [0.15, 0.2) is 5.78 Å². The van der Waals surface area contributed by atoms with Gasteiger partial charge in [-0.25, -0.2) is 0 Å². The van der Waals surface area contributed by atoms with Crippen molar-refractivity contribution in [2.45, 2.75) is 31.9 Å². The number of rotatable bonds is 6. The van der Waals surface area contributed by atoms with E-state index in [1.54, 1.807) is 12.1 Å². The number of carbonyl (C=O) groups excluding carboxylic acids is 1. The summed E-state index contributed by atoms with van der Waals surface area (Å²) in [6.45, 7) is 3.98. The molecule has 0 aliphatic heterocycles. The number of ketones is 1. The van der Waals surface area contributed by atoms with Gasteiger partial charge in [0, 0.05) is 33.8 Å². The highest BCUT2D eigenvalue weighted by Gasteiger charge is 2.11. The van der Waals surface area contributed by atoms with Crippen LogP contribution in [-0.2, 0) is 10.8 Å². The van der Waals surface area contributed by atoms with Crippen molar-refractivity contribution < 1.29 is 9.00 Å². The van der Waals surface area contributed by atoms with Crippen molar-refractivity contribution in [2.24, 2.45) is 0 Å². The summed E-state index contributed by atoms with van der Waals surface area (Å²) >= 11 is 0. The average Bonchev–Trinajstić information content (AvgIpc) is 2.35. The van der Waals surface area contributed by atoms with E-state index in [-0.39, 0.29) is 11.0 Å². The first-order valence-electron chi connectivity index (χ1n) is 5.60. The molecule has 2 nitrogen and oxygen atoms in total. The number of carbonyl (C=O) groups is 1. The Morgan fingerprint density at radius 3 is 2.50 bits per heavy atom. The van der Waals surface area contributed by atoms with Gasteiger partial charge < -0.3 is 0 Å². The van der Waals surface area contributed by atoms with Crippen molar-refractivity contribution in [1.82, 2.24) is 0 Å². The van der Waals surface area contributed by atoms with Crippen molar-refractivity contribution in [3.05, 3.63) is 35.9 Å². The molecular weight excluding hydrogens is 220 g/mol. The molecule has 0 saturated carbocycles. The van der Waals surface area contributed by atoms with Gasteiger partial charge in [-0.3, -0.25) is 9.00 Å². The second-order valence-corrected chi connectivity index (χ2v) is 5.82. The van der Waals surface area contributed by atoms with Gasteiger partial charge in [0.25, 0.3) is 0 Å². The van der Waals surface area contributed by atoms with Crippen LogP contribution < -0.4 is 0 Å². The fourth-order valence-electron chi connectivity index (χ4n) is 1.35. The minimum Gasteiger partial charge on any atom is -0.294 e. The lowest BCUT2D eigenvalue weighted by atomic mass is 10.1. The van der Waals surface area contributed by atoms with Crippen LogP contribution in [0.25, 0.3) is 0 Å². The molecule has 0 radical (unpaired) electrons. The summed E-state index contributed by atoms with van der Waals surface area (Å²) in [5.74, 6) is 0.556. The van der Waals surface area contributed by atoms with Crippen molar-refractivity contribution in [2.75, 3.05) is 5.75 Å². The molecule has 1 aromatic rings. The van der Waals surface area contributed by atoms with Gasteiger partial charge in [0.2, 0.25) is 0 Å². The Kier molecular flexibility index (Phi) is 5.39. The predicted molar refractivity (Wildman–Crippen MR) is 68.2 cm³/mol. The molecule has 0 aromatic heterocycles. The zero-order chi connectivity index (χ0) is 12.0. The zero-order valence-electron chi connectivity index (χ0n) is 9.81. The lowest BCUT2D eigenvalue weighted by Gasteiger charge is -2.07. The normalized spacial score (nSPS) is 14.4. The van der Waals surface area contributed by atoms with Crippen LogP contribution >= 0.6 is 0 Å². The van der Waals surface area contributed by atoms with Crippen LogP contribution in [0.3, 0.4) is 0 Å². The Hall–Kier alpha value is -0.960. The van der Waals surface area contributed by atoms with E-state index in [0.29, 0.717) is 17.7 Å². The van der Waals surface area contributed by atoms with Crippen molar-refractivity contribution in [1.29, 1.82) is 0 Å². The standard InChI is InChI=1S/C13H18O2S/c1-3-11(2)16(15)10-9-13(14)12-7-5-4-6-8-12/h4-8,11H,3,9-10H2,1-2H3. The molecule has 0 spiro atoms. The number of hydrogen-bond acceptors (Lipinski definition) is 2. The van der Waals surface area contributed by atoms with Gasteiger partial charge in [-0.2, -0.15) is 0 Å². The second-order valence-electron chi connectivity index (χ2n) is 3.84. The van der Waals surface area contributed by atoms with Crippen molar-refractivity contribution in [3.63, 3.8) is 0 Å². The van der Waals surface area contributed by atoms with Gasteiger partial charge in [0.1, 0.15) is 0 Å². The Labute approximate surface area is 99.5 Å². The van der Waals surface area contributed by atoms with Crippen molar-refractivity contribution in [3.8, 4) is 0 Å². The third-order valence-corrected chi connectivity index (χ3v) is 4.49. The lowest BCUT2D eigenvalue weighted by molar-refractivity contribution is 0.0989. The van der Waals surface area contributed by atoms with Crippen LogP contribution in [-0.4, -0.2) is 21.0 Å². The highest BCUT2D eigenvalue weighted by atomic mass is 32.2. The van der Waals surface area contributed by atoms with E-state index < -0.39 is 10.8 Å². The first-order chi connectivity index (χ1) is 7.65. The summed E-state index contributed by atoms with van der Waals surface area (Å²) < 4.78 is 11.7. The monoisotopic (exact) mass is 238 g/mol. The lowest BCUT2D eigenvalue weighted by Crippen LogP contribution is -2.15. The van der Waals surface area contributed by atoms with Crippen LogP contribution in [0.2, 0.25) is 0 Å². The molecule has 2 atom stereocenters. The quantitative estimate of drug-likeness (QED) is 0.714. The summed E-state index contributed by atoms with van der Waals surface area (Å²) in [6.07, 6.45) is 1.27. The Balaban J connectivity index is 2.45. The maximum absolute atomic E-state index is 11.7. The molecule has 16 heavy (non-hydrogen) atoms. The van der Waals surface area contributed by atoms with E-state index in [4.69, 9.17) is 0 Å². The van der Waals surface area contributed by atoms with E-state index in [9.17, 15) is 9.00 Å². The number of Topliss-reactive ketones (excluding diaryl/α,β-unsaturated/α-hetero) is 1. The molecule has 2 unspecified atom stereocenters. The first-order valence-corrected chi connectivity index (χ1v) is 6.98. The van der Waals surface area contributed by atoms with Crippen LogP contribution in [0, 0.1) is 0 Å². The number of hydrogen-bond donors (Lipinski definition) is 0. The summed E-state index contributed by atoms with van der Waals surface area (Å²) in [5, 5.41) is 0.184. The summed E-state index contributed by atoms with van der Waals surface area (Å²) in [6, 6.07) is 9.18. The third kappa shape index (κ3) is 3.89. The van der Waals surface area contributed by atoms with E-state index in [1.165, 1.54) is 0 Å². The molecule has 0 aliphatic rings. The Morgan fingerprint density at radius 1 is 1.31 bits per heavy atom. The smallest absolute Gasteiger partial charge is 0.163 e. The molecular formula is C13H18O2S. The summed E-state index contributed by atoms with van der Waals surface area (Å²) in [5.41, 5.74) is 0.712. The fourth-order valence-corrected chi connectivity index (χ4v) is 2.51. The second kappa shape index (κ2) is 6.59. The molecule has 3 heteroatoms. The maximum Gasteiger partial charge on any atom is 0.163 e. The van der Waals surface area contributed by atoms with E-state index >= 15 is 0 Å².